The van der Waals surface area contributed by atoms with Gasteiger partial charge in [0.2, 0.25) is 0 Å². The van der Waals surface area contributed by atoms with Gasteiger partial charge in [-0.15, -0.1) is 0 Å². The molecule has 2 N–H and O–H groups in total. The van der Waals surface area contributed by atoms with Gasteiger partial charge in [-0.3, -0.25) is 4.90 Å². The summed E-state index contributed by atoms with van der Waals surface area (Å²) in [5.41, 5.74) is 6.65. The normalized spacial score (nSPS) is 13.5. The Morgan fingerprint density at radius 1 is 1.64 bits per heavy atom. The van der Waals surface area contributed by atoms with Crippen molar-refractivity contribution in [3.63, 3.8) is 0 Å². The molecule has 66 valence electrons. The van der Waals surface area contributed by atoms with Crippen LogP contribution in [0.3, 0.4) is 0 Å². The second-order valence-electron chi connectivity index (χ2n) is 3.30. The van der Waals surface area contributed by atoms with Gasteiger partial charge < -0.3 is 5.73 Å². The second kappa shape index (κ2) is 5.33. The van der Waals surface area contributed by atoms with Gasteiger partial charge in [0.15, 0.2) is 0 Å². The van der Waals surface area contributed by atoms with Crippen molar-refractivity contribution in [3.05, 3.63) is 12.2 Å². The maximum atomic E-state index is 5.45. The van der Waals surface area contributed by atoms with Crippen LogP contribution in [0.25, 0.3) is 0 Å². The zero-order valence-corrected chi connectivity index (χ0v) is 7.93. The van der Waals surface area contributed by atoms with E-state index < -0.39 is 0 Å². The molecule has 0 aliphatic heterocycles. The highest BCUT2D eigenvalue weighted by molar-refractivity contribution is 4.91. The number of hydrogen-bond acceptors (Lipinski definition) is 2. The van der Waals surface area contributed by atoms with Crippen molar-refractivity contribution in [1.29, 1.82) is 0 Å². The molecule has 0 aliphatic carbocycles. The number of hydrogen-bond donors (Lipinski definition) is 1. The Bertz CT molecular complexity index is 121. The van der Waals surface area contributed by atoms with Crippen LogP contribution in [0.2, 0.25) is 0 Å². The van der Waals surface area contributed by atoms with Crippen LogP contribution in [0, 0.1) is 0 Å². The minimum absolute atomic E-state index is 0.566. The van der Waals surface area contributed by atoms with Gasteiger partial charge in [-0.05, 0) is 33.9 Å². The van der Waals surface area contributed by atoms with E-state index in [-0.39, 0.29) is 0 Å². The maximum Gasteiger partial charge on any atom is 0.0187 e. The lowest BCUT2D eigenvalue weighted by molar-refractivity contribution is 0.268. The van der Waals surface area contributed by atoms with Gasteiger partial charge in [0.25, 0.3) is 0 Å². The predicted molar refractivity (Wildman–Crippen MR) is 50.6 cm³/mol. The summed E-state index contributed by atoms with van der Waals surface area (Å²) in [6, 6.07) is 0.566. The molecule has 0 saturated heterocycles. The third-order valence-corrected chi connectivity index (χ3v) is 1.86. The summed E-state index contributed by atoms with van der Waals surface area (Å²) in [5.74, 6) is 0. The molecule has 1 atom stereocenters. The Kier molecular flexibility index (Phi) is 5.16. The number of nitrogens with zero attached hydrogens (tertiary/aromatic N) is 1. The summed E-state index contributed by atoms with van der Waals surface area (Å²) < 4.78 is 0. The van der Waals surface area contributed by atoms with E-state index in [0.29, 0.717) is 6.04 Å². The Labute approximate surface area is 70.1 Å². The van der Waals surface area contributed by atoms with Crippen molar-refractivity contribution in [3.8, 4) is 0 Å². The number of likely N-dealkylation sites (N-methyl/N-ethyl adjacent to an activating group) is 1. The third-order valence-electron chi connectivity index (χ3n) is 1.86. The lowest BCUT2D eigenvalue weighted by Gasteiger charge is -2.24. The molecule has 0 spiro atoms. The van der Waals surface area contributed by atoms with Crippen LogP contribution in [-0.4, -0.2) is 31.1 Å². The zero-order chi connectivity index (χ0) is 8.85. The van der Waals surface area contributed by atoms with Gasteiger partial charge in [0, 0.05) is 12.6 Å². The van der Waals surface area contributed by atoms with Crippen molar-refractivity contribution in [2.75, 3.05) is 20.1 Å². The molecular formula is C9H20N2. The van der Waals surface area contributed by atoms with Crippen molar-refractivity contribution in [2.45, 2.75) is 26.3 Å². The fourth-order valence-electron chi connectivity index (χ4n) is 1.04. The number of nitrogens with two attached hydrogens (primary N) is 1. The van der Waals surface area contributed by atoms with Gasteiger partial charge >= 0.3 is 0 Å². The van der Waals surface area contributed by atoms with E-state index in [4.69, 9.17) is 5.73 Å². The molecule has 0 rings (SSSR count). The first-order chi connectivity index (χ1) is 5.07. The Morgan fingerprint density at radius 2 is 2.18 bits per heavy atom. The summed E-state index contributed by atoms with van der Waals surface area (Å²) in [7, 11) is 2.11. The van der Waals surface area contributed by atoms with E-state index >= 15 is 0 Å². The summed E-state index contributed by atoms with van der Waals surface area (Å²) in [6.07, 6.45) is 1.06. The Balaban J connectivity index is 3.63. The highest BCUT2D eigenvalue weighted by Crippen LogP contribution is 2.01. The topological polar surface area (TPSA) is 29.3 Å². The van der Waals surface area contributed by atoms with E-state index in [1.54, 1.807) is 0 Å². The zero-order valence-electron chi connectivity index (χ0n) is 7.93. The SMILES string of the molecule is C=C(C)CN(C)C(C)CCN. The molecule has 0 aromatic heterocycles. The van der Waals surface area contributed by atoms with Gasteiger partial charge in [0.1, 0.15) is 0 Å². The molecule has 11 heavy (non-hydrogen) atoms. The molecule has 0 amide bonds. The molecule has 0 bridgehead atoms. The van der Waals surface area contributed by atoms with E-state index in [2.05, 4.69) is 25.5 Å². The molecular weight excluding hydrogens is 136 g/mol. The first kappa shape index (κ1) is 10.7. The number of rotatable bonds is 5. The minimum atomic E-state index is 0.566. The predicted octanol–water partition coefficient (Wildman–Crippen LogP) is 1.23. The molecule has 0 aromatic carbocycles. The van der Waals surface area contributed by atoms with Crippen LogP contribution >= 0.6 is 0 Å². The van der Waals surface area contributed by atoms with Gasteiger partial charge in [-0.25, -0.2) is 0 Å². The standard InChI is InChI=1S/C9H20N2/c1-8(2)7-11(4)9(3)5-6-10/h9H,1,5-7,10H2,2-4H3. The van der Waals surface area contributed by atoms with Gasteiger partial charge in [-0.2, -0.15) is 0 Å². The molecule has 1 unspecified atom stereocenters. The van der Waals surface area contributed by atoms with Gasteiger partial charge in [0.05, 0.1) is 0 Å². The maximum absolute atomic E-state index is 5.45. The smallest absolute Gasteiger partial charge is 0.0187 e. The molecule has 2 nitrogen and oxygen atoms in total. The molecule has 2 heteroatoms. The Hall–Kier alpha value is -0.340. The quantitative estimate of drug-likeness (QED) is 0.607. The van der Waals surface area contributed by atoms with Crippen molar-refractivity contribution >= 4 is 0 Å². The first-order valence-electron chi connectivity index (χ1n) is 4.12. The summed E-state index contributed by atoms with van der Waals surface area (Å²) in [6.45, 7) is 9.84. The molecule has 0 heterocycles. The molecule has 0 aliphatic rings. The summed E-state index contributed by atoms with van der Waals surface area (Å²) >= 11 is 0. The molecule has 0 saturated carbocycles. The van der Waals surface area contributed by atoms with Crippen LogP contribution in [0.15, 0.2) is 12.2 Å². The Morgan fingerprint density at radius 3 is 2.55 bits per heavy atom. The average Bonchev–Trinajstić information content (AvgIpc) is 1.86. The molecule has 0 radical (unpaired) electrons. The average molecular weight is 156 g/mol. The van der Waals surface area contributed by atoms with Crippen LogP contribution in [0.5, 0.6) is 0 Å². The van der Waals surface area contributed by atoms with E-state index in [9.17, 15) is 0 Å². The van der Waals surface area contributed by atoms with E-state index in [1.807, 2.05) is 6.92 Å². The molecule has 0 aromatic rings. The fraction of sp³-hybridized carbons (Fsp3) is 0.778. The molecule has 0 fully saturated rings. The van der Waals surface area contributed by atoms with Crippen molar-refractivity contribution < 1.29 is 0 Å². The highest BCUT2D eigenvalue weighted by atomic mass is 15.1. The second-order valence-corrected chi connectivity index (χ2v) is 3.30. The lowest BCUT2D eigenvalue weighted by atomic mass is 10.2. The third kappa shape index (κ3) is 4.99. The first-order valence-corrected chi connectivity index (χ1v) is 4.12. The summed E-state index contributed by atoms with van der Waals surface area (Å²) in [5, 5.41) is 0. The van der Waals surface area contributed by atoms with Crippen LogP contribution in [-0.2, 0) is 0 Å². The summed E-state index contributed by atoms with van der Waals surface area (Å²) in [4.78, 5) is 2.27. The monoisotopic (exact) mass is 156 g/mol. The largest absolute Gasteiger partial charge is 0.330 e. The van der Waals surface area contributed by atoms with Crippen LogP contribution in [0.1, 0.15) is 20.3 Å². The van der Waals surface area contributed by atoms with Gasteiger partial charge in [-0.1, -0.05) is 12.2 Å². The highest BCUT2D eigenvalue weighted by Gasteiger charge is 2.06. The lowest BCUT2D eigenvalue weighted by Crippen LogP contribution is -2.32. The van der Waals surface area contributed by atoms with Crippen molar-refractivity contribution in [2.24, 2.45) is 5.73 Å². The van der Waals surface area contributed by atoms with E-state index in [1.165, 1.54) is 5.57 Å². The van der Waals surface area contributed by atoms with Crippen LogP contribution < -0.4 is 5.73 Å². The van der Waals surface area contributed by atoms with E-state index in [0.717, 1.165) is 19.5 Å². The minimum Gasteiger partial charge on any atom is -0.330 e. The van der Waals surface area contributed by atoms with Crippen molar-refractivity contribution in [1.82, 2.24) is 4.90 Å². The fourth-order valence-corrected chi connectivity index (χ4v) is 1.04. The van der Waals surface area contributed by atoms with Crippen LogP contribution in [0.4, 0.5) is 0 Å².